The lowest BCUT2D eigenvalue weighted by Gasteiger charge is -2.21. The second-order valence-electron chi connectivity index (χ2n) is 5.63. The predicted molar refractivity (Wildman–Crippen MR) is 97.4 cm³/mol. The van der Waals surface area contributed by atoms with Gasteiger partial charge in [-0.05, 0) is 37.6 Å². The van der Waals surface area contributed by atoms with Gasteiger partial charge in [-0.25, -0.2) is 0 Å². The van der Waals surface area contributed by atoms with E-state index in [0.29, 0.717) is 46.2 Å². The Morgan fingerprint density at radius 3 is 2.52 bits per heavy atom. The summed E-state index contributed by atoms with van der Waals surface area (Å²) in [6.07, 6.45) is -0.718. The predicted octanol–water partition coefficient (Wildman–Crippen LogP) is 4.48. The fraction of sp³-hybridized carbons (Fsp3) is 0.278. The highest BCUT2D eigenvalue weighted by atomic mass is 35.5. The second kappa shape index (κ2) is 7.42. The molecule has 0 aliphatic carbocycles. The molecule has 1 amide bonds. The van der Waals surface area contributed by atoms with Crippen LogP contribution in [0.1, 0.15) is 12.5 Å². The highest BCUT2D eigenvalue weighted by molar-refractivity contribution is 6.34. The summed E-state index contributed by atoms with van der Waals surface area (Å²) in [4.78, 5) is 12.4. The molecule has 2 aromatic rings. The van der Waals surface area contributed by atoms with Crippen LogP contribution in [0.15, 0.2) is 30.3 Å². The average Bonchev–Trinajstić information content (AvgIpc) is 2.58. The molecule has 0 saturated carbocycles. The van der Waals surface area contributed by atoms with E-state index in [9.17, 15) is 4.79 Å². The summed E-state index contributed by atoms with van der Waals surface area (Å²) in [5.74, 6) is 1.39. The number of halogens is 2. The number of carbonyl (C=O) groups excluding carboxylic acids is 1. The SMILES string of the molecule is Cc1cc(Cl)ccc1OC(C)C(=O)Nc1cc2c(cc1Cl)OCCO2. The Balaban J connectivity index is 1.71. The Morgan fingerprint density at radius 2 is 1.84 bits per heavy atom. The van der Waals surface area contributed by atoms with E-state index in [1.54, 1.807) is 37.3 Å². The van der Waals surface area contributed by atoms with Gasteiger partial charge in [0.1, 0.15) is 19.0 Å². The largest absolute Gasteiger partial charge is 0.486 e. The molecule has 0 saturated heterocycles. The first kappa shape index (κ1) is 17.7. The molecular formula is C18H17Cl2NO4. The van der Waals surface area contributed by atoms with Crippen molar-refractivity contribution in [2.24, 2.45) is 0 Å². The number of rotatable bonds is 4. The fourth-order valence-electron chi connectivity index (χ4n) is 2.38. The molecule has 1 heterocycles. The first-order chi connectivity index (χ1) is 11.9. The molecule has 1 unspecified atom stereocenters. The van der Waals surface area contributed by atoms with Crippen molar-refractivity contribution in [3.05, 3.63) is 45.9 Å². The number of anilines is 1. The molecule has 0 fully saturated rings. The van der Waals surface area contributed by atoms with E-state index in [0.717, 1.165) is 5.56 Å². The maximum atomic E-state index is 12.4. The van der Waals surface area contributed by atoms with Crippen molar-refractivity contribution in [3.8, 4) is 17.2 Å². The summed E-state index contributed by atoms with van der Waals surface area (Å²) < 4.78 is 16.7. The van der Waals surface area contributed by atoms with Crippen molar-refractivity contribution < 1.29 is 19.0 Å². The first-order valence-corrected chi connectivity index (χ1v) is 8.52. The molecule has 0 radical (unpaired) electrons. The zero-order chi connectivity index (χ0) is 18.0. The smallest absolute Gasteiger partial charge is 0.265 e. The van der Waals surface area contributed by atoms with Crippen LogP contribution in [-0.4, -0.2) is 25.2 Å². The summed E-state index contributed by atoms with van der Waals surface area (Å²) in [7, 11) is 0. The first-order valence-electron chi connectivity index (χ1n) is 7.77. The highest BCUT2D eigenvalue weighted by Gasteiger charge is 2.20. The van der Waals surface area contributed by atoms with E-state index in [2.05, 4.69) is 5.32 Å². The molecule has 7 heteroatoms. The van der Waals surface area contributed by atoms with Gasteiger partial charge in [0.25, 0.3) is 5.91 Å². The Labute approximate surface area is 155 Å². The topological polar surface area (TPSA) is 56.8 Å². The van der Waals surface area contributed by atoms with Crippen molar-refractivity contribution in [2.45, 2.75) is 20.0 Å². The molecule has 1 aliphatic heterocycles. The van der Waals surface area contributed by atoms with Crippen LogP contribution >= 0.6 is 23.2 Å². The van der Waals surface area contributed by atoms with Crippen molar-refractivity contribution in [1.29, 1.82) is 0 Å². The Morgan fingerprint density at radius 1 is 1.16 bits per heavy atom. The normalized spacial score (nSPS) is 13.9. The molecule has 2 aromatic carbocycles. The van der Waals surface area contributed by atoms with Gasteiger partial charge in [0.05, 0.1) is 10.7 Å². The molecule has 0 aromatic heterocycles. The number of aryl methyl sites for hydroxylation is 1. The van der Waals surface area contributed by atoms with Crippen LogP contribution in [0.3, 0.4) is 0 Å². The van der Waals surface area contributed by atoms with E-state index in [1.165, 1.54) is 0 Å². The molecule has 1 atom stereocenters. The summed E-state index contributed by atoms with van der Waals surface area (Å²) in [6, 6.07) is 8.50. The lowest BCUT2D eigenvalue weighted by atomic mass is 10.2. The van der Waals surface area contributed by atoms with Crippen molar-refractivity contribution >= 4 is 34.8 Å². The van der Waals surface area contributed by atoms with Crippen molar-refractivity contribution in [2.75, 3.05) is 18.5 Å². The third kappa shape index (κ3) is 4.11. The van der Waals surface area contributed by atoms with Crippen LogP contribution in [0.5, 0.6) is 17.2 Å². The minimum Gasteiger partial charge on any atom is -0.486 e. The molecular weight excluding hydrogens is 365 g/mol. The zero-order valence-corrected chi connectivity index (χ0v) is 15.3. The molecule has 1 aliphatic rings. The maximum Gasteiger partial charge on any atom is 0.265 e. The number of benzene rings is 2. The molecule has 3 rings (SSSR count). The number of nitrogens with one attached hydrogen (secondary N) is 1. The quantitative estimate of drug-likeness (QED) is 0.847. The van der Waals surface area contributed by atoms with Crippen LogP contribution in [0.25, 0.3) is 0 Å². The van der Waals surface area contributed by atoms with Crippen LogP contribution in [0.2, 0.25) is 10.0 Å². The molecule has 132 valence electrons. The Kier molecular flexibility index (Phi) is 5.25. The molecule has 0 spiro atoms. The second-order valence-corrected chi connectivity index (χ2v) is 6.48. The van der Waals surface area contributed by atoms with Gasteiger partial charge in [-0.2, -0.15) is 0 Å². The van der Waals surface area contributed by atoms with E-state index < -0.39 is 6.10 Å². The maximum absolute atomic E-state index is 12.4. The van der Waals surface area contributed by atoms with Gasteiger partial charge >= 0.3 is 0 Å². The molecule has 0 bridgehead atoms. The van der Waals surface area contributed by atoms with Gasteiger partial charge in [-0.15, -0.1) is 0 Å². The molecule has 25 heavy (non-hydrogen) atoms. The third-order valence-corrected chi connectivity index (χ3v) is 4.25. The van der Waals surface area contributed by atoms with E-state index in [4.69, 9.17) is 37.4 Å². The summed E-state index contributed by atoms with van der Waals surface area (Å²) in [6.45, 7) is 4.45. The monoisotopic (exact) mass is 381 g/mol. The Hall–Kier alpha value is -2.11. The van der Waals surface area contributed by atoms with Crippen molar-refractivity contribution in [1.82, 2.24) is 0 Å². The van der Waals surface area contributed by atoms with Gasteiger partial charge in [0.15, 0.2) is 17.6 Å². The third-order valence-electron chi connectivity index (χ3n) is 3.70. The fourth-order valence-corrected chi connectivity index (χ4v) is 2.81. The summed E-state index contributed by atoms with van der Waals surface area (Å²) in [5, 5.41) is 3.74. The van der Waals surface area contributed by atoms with Gasteiger partial charge in [0, 0.05) is 17.2 Å². The van der Waals surface area contributed by atoms with Gasteiger partial charge < -0.3 is 19.5 Å². The van der Waals surface area contributed by atoms with E-state index in [-0.39, 0.29) is 5.91 Å². The van der Waals surface area contributed by atoms with Crippen LogP contribution in [-0.2, 0) is 4.79 Å². The minimum atomic E-state index is -0.718. The summed E-state index contributed by atoms with van der Waals surface area (Å²) in [5.41, 5.74) is 1.30. The van der Waals surface area contributed by atoms with E-state index in [1.807, 2.05) is 6.92 Å². The average molecular weight is 382 g/mol. The zero-order valence-electron chi connectivity index (χ0n) is 13.8. The standard InChI is InChI=1S/C18H17Cl2NO4/c1-10-7-12(19)3-4-15(10)25-11(2)18(22)21-14-9-17-16(8-13(14)20)23-5-6-24-17/h3-4,7-9,11H,5-6H2,1-2H3,(H,21,22). The van der Waals surface area contributed by atoms with E-state index >= 15 is 0 Å². The number of fused-ring (bicyclic) bond motifs is 1. The lowest BCUT2D eigenvalue weighted by molar-refractivity contribution is -0.122. The minimum absolute atomic E-state index is 0.326. The number of hydrogen-bond donors (Lipinski definition) is 1. The lowest BCUT2D eigenvalue weighted by Crippen LogP contribution is -2.30. The number of hydrogen-bond acceptors (Lipinski definition) is 4. The van der Waals surface area contributed by atoms with Crippen molar-refractivity contribution in [3.63, 3.8) is 0 Å². The molecule has 1 N–H and O–H groups in total. The number of ether oxygens (including phenoxy) is 3. The number of amides is 1. The van der Waals surface area contributed by atoms with Gasteiger partial charge in [-0.1, -0.05) is 23.2 Å². The number of carbonyl (C=O) groups is 1. The van der Waals surface area contributed by atoms with Gasteiger partial charge in [0.2, 0.25) is 0 Å². The van der Waals surface area contributed by atoms with Crippen LogP contribution in [0, 0.1) is 6.92 Å². The highest BCUT2D eigenvalue weighted by Crippen LogP contribution is 2.38. The Bertz CT molecular complexity index is 810. The molecule has 5 nitrogen and oxygen atoms in total. The van der Waals surface area contributed by atoms with Crippen LogP contribution < -0.4 is 19.5 Å². The summed E-state index contributed by atoms with van der Waals surface area (Å²) >= 11 is 12.1. The van der Waals surface area contributed by atoms with Crippen LogP contribution in [0.4, 0.5) is 5.69 Å². The van der Waals surface area contributed by atoms with Gasteiger partial charge in [-0.3, -0.25) is 4.79 Å².